The Morgan fingerprint density at radius 1 is 1.40 bits per heavy atom. The summed E-state index contributed by atoms with van der Waals surface area (Å²) in [6, 6.07) is 10.4. The van der Waals surface area contributed by atoms with E-state index in [0.29, 0.717) is 0 Å². The first-order valence-corrected chi connectivity index (χ1v) is 7.72. The summed E-state index contributed by atoms with van der Waals surface area (Å²) >= 11 is 0. The molecule has 3 nitrogen and oxygen atoms in total. The molecule has 1 amide bonds. The van der Waals surface area contributed by atoms with Crippen LogP contribution in [-0.2, 0) is 4.79 Å². The van der Waals surface area contributed by atoms with Gasteiger partial charge in [0.1, 0.15) is 0 Å². The summed E-state index contributed by atoms with van der Waals surface area (Å²) < 4.78 is 0. The summed E-state index contributed by atoms with van der Waals surface area (Å²) in [6.45, 7) is 6.04. The predicted molar refractivity (Wildman–Crippen MR) is 82.4 cm³/mol. The van der Waals surface area contributed by atoms with Crippen LogP contribution in [-0.4, -0.2) is 19.0 Å². The van der Waals surface area contributed by atoms with Crippen LogP contribution in [0.25, 0.3) is 0 Å². The number of benzene rings is 1. The highest BCUT2D eigenvalue weighted by Crippen LogP contribution is 2.28. The molecule has 1 heterocycles. The van der Waals surface area contributed by atoms with Crippen molar-refractivity contribution in [1.82, 2.24) is 10.6 Å². The van der Waals surface area contributed by atoms with Crippen molar-refractivity contribution in [3.63, 3.8) is 0 Å². The lowest BCUT2D eigenvalue weighted by atomic mass is 9.81. The van der Waals surface area contributed by atoms with Gasteiger partial charge in [-0.3, -0.25) is 4.79 Å². The zero-order chi connectivity index (χ0) is 14.4. The zero-order valence-electron chi connectivity index (χ0n) is 12.6. The topological polar surface area (TPSA) is 41.1 Å². The molecule has 20 heavy (non-hydrogen) atoms. The maximum Gasteiger partial charge on any atom is 0.227 e. The van der Waals surface area contributed by atoms with Crippen molar-refractivity contribution in [2.24, 2.45) is 5.41 Å². The highest BCUT2D eigenvalue weighted by Gasteiger charge is 2.35. The first-order valence-electron chi connectivity index (χ1n) is 7.72. The monoisotopic (exact) mass is 274 g/mol. The SMILES string of the molecule is CCCC(NC(=O)C1(C)CCCNC1)c1ccccc1. The quantitative estimate of drug-likeness (QED) is 0.866. The smallest absolute Gasteiger partial charge is 0.227 e. The van der Waals surface area contributed by atoms with Gasteiger partial charge in [0.05, 0.1) is 11.5 Å². The number of nitrogens with one attached hydrogen (secondary N) is 2. The van der Waals surface area contributed by atoms with Gasteiger partial charge in [-0.05, 0) is 38.3 Å². The van der Waals surface area contributed by atoms with E-state index in [2.05, 4.69) is 36.6 Å². The maximum absolute atomic E-state index is 12.6. The minimum absolute atomic E-state index is 0.132. The van der Waals surface area contributed by atoms with Gasteiger partial charge in [0, 0.05) is 6.54 Å². The summed E-state index contributed by atoms with van der Waals surface area (Å²) in [7, 11) is 0. The number of amides is 1. The molecule has 2 rings (SSSR count). The van der Waals surface area contributed by atoms with Gasteiger partial charge in [-0.15, -0.1) is 0 Å². The molecule has 2 N–H and O–H groups in total. The first kappa shape index (κ1) is 15.0. The Kier molecular flexibility index (Phi) is 5.18. The molecule has 0 saturated carbocycles. The molecule has 2 atom stereocenters. The second kappa shape index (κ2) is 6.89. The lowest BCUT2D eigenvalue weighted by Gasteiger charge is -2.34. The molecule has 1 aromatic carbocycles. The Labute approximate surface area is 122 Å². The molecule has 0 bridgehead atoms. The van der Waals surface area contributed by atoms with Crippen LogP contribution >= 0.6 is 0 Å². The predicted octanol–water partition coefficient (Wildman–Crippen LogP) is 3.03. The van der Waals surface area contributed by atoms with Crippen LogP contribution in [0.5, 0.6) is 0 Å². The van der Waals surface area contributed by atoms with Crippen molar-refractivity contribution in [2.75, 3.05) is 13.1 Å². The van der Waals surface area contributed by atoms with Crippen molar-refractivity contribution in [3.8, 4) is 0 Å². The third kappa shape index (κ3) is 3.60. The Morgan fingerprint density at radius 2 is 2.15 bits per heavy atom. The molecule has 0 spiro atoms. The second-order valence-corrected chi connectivity index (χ2v) is 6.07. The lowest BCUT2D eigenvalue weighted by Crippen LogP contribution is -2.49. The molecule has 0 aliphatic carbocycles. The number of carbonyl (C=O) groups is 1. The fraction of sp³-hybridized carbons (Fsp3) is 0.588. The molecule has 110 valence electrons. The normalized spacial score (nSPS) is 24.1. The van der Waals surface area contributed by atoms with Crippen molar-refractivity contribution in [2.45, 2.75) is 45.6 Å². The van der Waals surface area contributed by atoms with E-state index >= 15 is 0 Å². The summed E-state index contributed by atoms with van der Waals surface area (Å²) in [6.07, 6.45) is 4.10. The van der Waals surface area contributed by atoms with E-state index in [4.69, 9.17) is 0 Å². The Hall–Kier alpha value is -1.35. The van der Waals surface area contributed by atoms with E-state index in [0.717, 1.165) is 38.8 Å². The Morgan fingerprint density at radius 3 is 2.75 bits per heavy atom. The van der Waals surface area contributed by atoms with Gasteiger partial charge in [0.15, 0.2) is 0 Å². The number of hydrogen-bond donors (Lipinski definition) is 2. The molecule has 1 saturated heterocycles. The van der Waals surface area contributed by atoms with Crippen LogP contribution in [0.2, 0.25) is 0 Å². The van der Waals surface area contributed by atoms with E-state index in [1.165, 1.54) is 5.56 Å². The highest BCUT2D eigenvalue weighted by atomic mass is 16.2. The molecular formula is C17H26N2O. The molecule has 0 radical (unpaired) electrons. The van der Waals surface area contributed by atoms with Crippen LogP contribution in [0.3, 0.4) is 0 Å². The van der Waals surface area contributed by atoms with Crippen molar-refractivity contribution in [1.29, 1.82) is 0 Å². The zero-order valence-corrected chi connectivity index (χ0v) is 12.6. The molecule has 1 aromatic rings. The fourth-order valence-corrected chi connectivity index (χ4v) is 2.88. The summed E-state index contributed by atoms with van der Waals surface area (Å²) in [4.78, 5) is 12.6. The van der Waals surface area contributed by atoms with Crippen LogP contribution in [0.4, 0.5) is 0 Å². The number of carbonyl (C=O) groups excluding carboxylic acids is 1. The van der Waals surface area contributed by atoms with E-state index < -0.39 is 0 Å². The maximum atomic E-state index is 12.6. The van der Waals surface area contributed by atoms with Crippen molar-refractivity contribution >= 4 is 5.91 Å². The lowest BCUT2D eigenvalue weighted by molar-refractivity contribution is -0.132. The Bertz CT molecular complexity index is 424. The minimum atomic E-state index is -0.265. The Balaban J connectivity index is 2.06. The molecular weight excluding hydrogens is 248 g/mol. The number of hydrogen-bond acceptors (Lipinski definition) is 2. The number of piperidine rings is 1. The fourth-order valence-electron chi connectivity index (χ4n) is 2.88. The largest absolute Gasteiger partial charge is 0.349 e. The van der Waals surface area contributed by atoms with Gasteiger partial charge < -0.3 is 10.6 Å². The average molecular weight is 274 g/mol. The van der Waals surface area contributed by atoms with Gasteiger partial charge in [-0.25, -0.2) is 0 Å². The van der Waals surface area contributed by atoms with Crippen LogP contribution in [0, 0.1) is 5.41 Å². The molecule has 0 aromatic heterocycles. The van der Waals surface area contributed by atoms with Gasteiger partial charge in [-0.2, -0.15) is 0 Å². The van der Waals surface area contributed by atoms with Gasteiger partial charge in [-0.1, -0.05) is 43.7 Å². The van der Waals surface area contributed by atoms with E-state index in [9.17, 15) is 4.79 Å². The minimum Gasteiger partial charge on any atom is -0.349 e. The van der Waals surface area contributed by atoms with E-state index in [1.807, 2.05) is 18.2 Å². The third-order valence-corrected chi connectivity index (χ3v) is 4.23. The van der Waals surface area contributed by atoms with Gasteiger partial charge in [0.25, 0.3) is 0 Å². The molecule has 1 aliphatic heterocycles. The summed E-state index contributed by atoms with van der Waals surface area (Å²) in [5, 5.41) is 6.61. The van der Waals surface area contributed by atoms with Gasteiger partial charge >= 0.3 is 0 Å². The van der Waals surface area contributed by atoms with Gasteiger partial charge in [0.2, 0.25) is 5.91 Å². The van der Waals surface area contributed by atoms with Crippen LogP contribution in [0.15, 0.2) is 30.3 Å². The van der Waals surface area contributed by atoms with Crippen LogP contribution < -0.4 is 10.6 Å². The second-order valence-electron chi connectivity index (χ2n) is 6.07. The van der Waals surface area contributed by atoms with Crippen molar-refractivity contribution < 1.29 is 4.79 Å². The summed E-state index contributed by atoms with van der Waals surface area (Å²) in [5.74, 6) is 0.187. The van der Waals surface area contributed by atoms with E-state index in [-0.39, 0.29) is 17.4 Å². The molecule has 1 aliphatic rings. The molecule has 1 fully saturated rings. The number of rotatable bonds is 5. The molecule has 2 unspecified atom stereocenters. The highest BCUT2D eigenvalue weighted by molar-refractivity contribution is 5.83. The van der Waals surface area contributed by atoms with Crippen molar-refractivity contribution in [3.05, 3.63) is 35.9 Å². The average Bonchev–Trinajstić information content (AvgIpc) is 2.48. The third-order valence-electron chi connectivity index (χ3n) is 4.23. The summed E-state index contributed by atoms with van der Waals surface area (Å²) in [5.41, 5.74) is 0.939. The standard InChI is InChI=1S/C17H26N2O/c1-3-8-15(14-9-5-4-6-10-14)19-16(20)17(2)11-7-12-18-13-17/h4-6,9-10,15,18H,3,7-8,11-13H2,1-2H3,(H,19,20). The molecule has 3 heteroatoms. The van der Waals surface area contributed by atoms with E-state index in [1.54, 1.807) is 0 Å². The first-order chi connectivity index (χ1) is 9.65. The van der Waals surface area contributed by atoms with Crippen LogP contribution in [0.1, 0.15) is 51.1 Å².